The predicted octanol–water partition coefficient (Wildman–Crippen LogP) is 3.00. The maximum Gasteiger partial charge on any atom is 0.317 e. The molecule has 0 saturated carbocycles. The summed E-state index contributed by atoms with van der Waals surface area (Å²) in [5.41, 5.74) is 5.69. The lowest BCUT2D eigenvalue weighted by Crippen LogP contribution is -2.54. The number of methoxy groups -OCH3 is 2. The number of hydrogen-bond acceptors (Lipinski definition) is 12. The summed E-state index contributed by atoms with van der Waals surface area (Å²) < 4.78 is 19.6. The van der Waals surface area contributed by atoms with E-state index in [1.807, 2.05) is 38.5 Å². The number of piperidine rings is 2. The van der Waals surface area contributed by atoms with Crippen molar-refractivity contribution in [3.05, 3.63) is 74.7 Å². The molecule has 17 heteroatoms. The van der Waals surface area contributed by atoms with E-state index in [-0.39, 0.29) is 42.6 Å². The number of anilines is 1. The summed E-state index contributed by atoms with van der Waals surface area (Å²) in [4.78, 5) is 86.7. The van der Waals surface area contributed by atoms with Crippen molar-refractivity contribution < 1.29 is 38.2 Å². The number of nitrogens with one attached hydrogen (secondary N) is 2. The summed E-state index contributed by atoms with van der Waals surface area (Å²) in [7, 11) is 9.03. The van der Waals surface area contributed by atoms with Crippen molar-refractivity contribution in [1.29, 1.82) is 0 Å². The summed E-state index contributed by atoms with van der Waals surface area (Å²) in [6.07, 6.45) is 6.45. The van der Waals surface area contributed by atoms with Crippen molar-refractivity contribution >= 4 is 35.3 Å². The summed E-state index contributed by atoms with van der Waals surface area (Å²) >= 11 is 0. The molecule has 3 aromatic rings. The number of hydrogen-bond donors (Lipinski definition) is 2. The van der Waals surface area contributed by atoms with Crippen molar-refractivity contribution in [2.45, 2.75) is 70.2 Å². The summed E-state index contributed by atoms with van der Waals surface area (Å²) in [6, 6.07) is 8.14. The van der Waals surface area contributed by atoms with Gasteiger partial charge in [0.1, 0.15) is 17.5 Å². The van der Waals surface area contributed by atoms with E-state index in [1.54, 1.807) is 42.9 Å². The predicted molar refractivity (Wildman–Crippen MR) is 239 cm³/mol. The molecule has 5 aliphatic rings. The topological polar surface area (TPSA) is 175 Å². The number of nitrogens with zero attached hydrogens (tertiary/aromatic N) is 6. The van der Waals surface area contributed by atoms with Gasteiger partial charge in [0.15, 0.2) is 0 Å². The largest absolute Gasteiger partial charge is 0.496 e. The molecular formula is C47H60N8O9. The maximum atomic E-state index is 13.4. The van der Waals surface area contributed by atoms with Crippen molar-refractivity contribution in [1.82, 2.24) is 34.8 Å². The van der Waals surface area contributed by atoms with E-state index in [0.29, 0.717) is 61.2 Å². The molecule has 64 heavy (non-hydrogen) atoms. The number of ether oxygens (including phenoxy) is 3. The SMILES string of the molecule is COc1cc(-c2cn(C)c(=O)c3c2CCN(C(=O)NCCCN2CCC(OCC4CCN(c5ccc6c(c5)C(=O)N(C5CCC(=O)NC5=O)C6=O)CC4)C2)C3)cc(OC)c1CN(C)C. The molecule has 2 N–H and O–H groups in total. The summed E-state index contributed by atoms with van der Waals surface area (Å²) in [5, 5.41) is 5.33. The van der Waals surface area contributed by atoms with Gasteiger partial charge >= 0.3 is 6.03 Å². The first-order chi connectivity index (χ1) is 30.8. The van der Waals surface area contributed by atoms with E-state index in [9.17, 15) is 28.8 Å². The first-order valence-corrected chi connectivity index (χ1v) is 22.4. The minimum absolute atomic E-state index is 0.0849. The summed E-state index contributed by atoms with van der Waals surface area (Å²) in [5.74, 6) is -0.156. The van der Waals surface area contributed by atoms with Gasteiger partial charge in [-0.3, -0.25) is 34.2 Å². The van der Waals surface area contributed by atoms with E-state index in [0.717, 1.165) is 91.2 Å². The number of pyridine rings is 1. The Morgan fingerprint density at radius 3 is 2.30 bits per heavy atom. The number of fused-ring (bicyclic) bond motifs is 2. The number of aromatic nitrogens is 1. The van der Waals surface area contributed by atoms with Crippen LogP contribution in [0.25, 0.3) is 11.1 Å². The molecular weight excluding hydrogens is 821 g/mol. The van der Waals surface area contributed by atoms with E-state index in [2.05, 4.69) is 25.3 Å². The Morgan fingerprint density at radius 1 is 0.859 bits per heavy atom. The van der Waals surface area contributed by atoms with Gasteiger partial charge in [0.05, 0.1) is 43.6 Å². The van der Waals surface area contributed by atoms with Gasteiger partial charge in [-0.2, -0.15) is 0 Å². The molecule has 6 heterocycles. The van der Waals surface area contributed by atoms with Crippen molar-refractivity contribution in [3.63, 3.8) is 0 Å². The van der Waals surface area contributed by atoms with Crippen LogP contribution in [0.4, 0.5) is 10.5 Å². The molecule has 8 rings (SSSR count). The molecule has 3 saturated heterocycles. The lowest BCUT2D eigenvalue weighted by Gasteiger charge is -2.34. The molecule has 0 aliphatic carbocycles. The molecule has 2 aromatic carbocycles. The molecule has 0 radical (unpaired) electrons. The Balaban J connectivity index is 0.761. The molecule has 17 nitrogen and oxygen atoms in total. The molecule has 2 atom stereocenters. The van der Waals surface area contributed by atoms with Crippen LogP contribution in [0.2, 0.25) is 0 Å². The van der Waals surface area contributed by atoms with Crippen LogP contribution in [0.3, 0.4) is 0 Å². The number of benzene rings is 2. The minimum atomic E-state index is -0.982. The van der Waals surface area contributed by atoms with Crippen molar-refractivity contribution in [2.24, 2.45) is 13.0 Å². The number of amides is 6. The average Bonchev–Trinajstić information content (AvgIpc) is 3.85. The zero-order valence-corrected chi connectivity index (χ0v) is 37.6. The van der Waals surface area contributed by atoms with Crippen LogP contribution in [0.1, 0.15) is 75.9 Å². The second-order valence-electron chi connectivity index (χ2n) is 17.9. The quantitative estimate of drug-likeness (QED) is 0.179. The van der Waals surface area contributed by atoms with Crippen LogP contribution < -0.4 is 30.6 Å². The second-order valence-corrected chi connectivity index (χ2v) is 17.9. The van der Waals surface area contributed by atoms with Crippen molar-refractivity contribution in [3.8, 4) is 22.6 Å². The standard InChI is InChI=1S/C47H60N8O9/c1-50(2)25-38-40(62-4)21-30(22-41(38)63-5)36-26-51(3)44(58)37-27-54(20-14-33(36)37)47(61)48-15-6-16-52-17-13-32(24-52)64-28-29-11-18-53(19-12-29)31-7-8-34-35(23-31)46(60)55(45(34)59)39-9-10-42(56)49-43(39)57/h7-8,21-23,26,29,32,39H,6,9-20,24-25,27-28H2,1-5H3,(H,48,61)(H,49,56,57). The fourth-order valence-corrected chi connectivity index (χ4v) is 9.87. The summed E-state index contributed by atoms with van der Waals surface area (Å²) in [6.45, 7) is 6.86. The number of rotatable bonds is 14. The smallest absolute Gasteiger partial charge is 0.317 e. The lowest BCUT2D eigenvalue weighted by atomic mass is 9.91. The number of urea groups is 1. The Hall–Kier alpha value is -5.78. The highest BCUT2D eigenvalue weighted by molar-refractivity contribution is 6.23. The molecule has 2 unspecified atom stereocenters. The first kappa shape index (κ1) is 44.8. The number of aryl methyl sites for hydroxylation is 1. The molecule has 342 valence electrons. The second kappa shape index (κ2) is 19.1. The zero-order valence-electron chi connectivity index (χ0n) is 37.6. The number of carbonyl (C=O) groups excluding carboxylic acids is 5. The van der Waals surface area contributed by atoms with E-state index in [4.69, 9.17) is 14.2 Å². The maximum absolute atomic E-state index is 13.4. The molecule has 1 aromatic heterocycles. The molecule has 5 aliphatic heterocycles. The van der Waals surface area contributed by atoms with E-state index < -0.39 is 29.7 Å². The number of imide groups is 2. The molecule has 6 amide bonds. The Morgan fingerprint density at radius 2 is 1.59 bits per heavy atom. The van der Waals surface area contributed by atoms with Gasteiger partial charge in [-0.1, -0.05) is 0 Å². The Labute approximate surface area is 373 Å². The van der Waals surface area contributed by atoms with Crippen LogP contribution in [-0.2, 0) is 40.9 Å². The van der Waals surface area contributed by atoms with Crippen LogP contribution in [0, 0.1) is 5.92 Å². The minimum Gasteiger partial charge on any atom is -0.496 e. The van der Waals surface area contributed by atoms with E-state index in [1.165, 1.54) is 0 Å². The fraction of sp³-hybridized carbons (Fsp3) is 0.532. The third-order valence-electron chi connectivity index (χ3n) is 13.4. The third kappa shape index (κ3) is 9.24. The Kier molecular flexibility index (Phi) is 13.4. The molecule has 3 fully saturated rings. The van der Waals surface area contributed by atoms with Gasteiger partial charge < -0.3 is 43.7 Å². The first-order valence-electron chi connectivity index (χ1n) is 22.4. The van der Waals surface area contributed by atoms with Gasteiger partial charge in [0, 0.05) is 88.9 Å². The molecule has 0 spiro atoms. The Bertz CT molecular complexity index is 2350. The fourth-order valence-electron chi connectivity index (χ4n) is 9.87. The van der Waals surface area contributed by atoms with Gasteiger partial charge in [0.2, 0.25) is 11.8 Å². The molecule has 0 bridgehead atoms. The normalized spacial score (nSPS) is 20.5. The third-order valence-corrected chi connectivity index (χ3v) is 13.4. The van der Waals surface area contributed by atoms with Gasteiger partial charge in [-0.25, -0.2) is 4.79 Å². The van der Waals surface area contributed by atoms with Crippen LogP contribution >= 0.6 is 0 Å². The van der Waals surface area contributed by atoms with Crippen LogP contribution in [0.15, 0.2) is 41.3 Å². The highest BCUT2D eigenvalue weighted by Crippen LogP contribution is 2.38. The highest BCUT2D eigenvalue weighted by Gasteiger charge is 2.45. The average molecular weight is 881 g/mol. The van der Waals surface area contributed by atoms with Crippen LogP contribution in [0.5, 0.6) is 11.5 Å². The zero-order chi connectivity index (χ0) is 45.2. The number of carbonyl (C=O) groups is 5. The van der Waals surface area contributed by atoms with E-state index >= 15 is 0 Å². The van der Waals surface area contributed by atoms with Crippen LogP contribution in [-0.4, -0.2) is 147 Å². The lowest BCUT2D eigenvalue weighted by molar-refractivity contribution is -0.136. The van der Waals surface area contributed by atoms with Gasteiger partial charge in [-0.15, -0.1) is 0 Å². The monoisotopic (exact) mass is 880 g/mol. The highest BCUT2D eigenvalue weighted by atomic mass is 16.5. The van der Waals surface area contributed by atoms with Crippen molar-refractivity contribution in [2.75, 3.05) is 85.6 Å². The van der Waals surface area contributed by atoms with Gasteiger partial charge in [0.25, 0.3) is 17.4 Å². The van der Waals surface area contributed by atoms with Gasteiger partial charge in [-0.05, 0) is 107 Å². The number of likely N-dealkylation sites (tertiary alicyclic amines) is 1.